The molecule has 1 rings (SSSR count). The second kappa shape index (κ2) is 5.50. The van der Waals surface area contributed by atoms with Gasteiger partial charge in [-0.2, -0.15) is 0 Å². The zero-order valence-corrected chi connectivity index (χ0v) is 8.06. The van der Waals surface area contributed by atoms with E-state index in [0.29, 0.717) is 18.7 Å². The minimum atomic E-state index is -0.542. The number of halogens is 2. The van der Waals surface area contributed by atoms with Gasteiger partial charge in [0.05, 0.1) is 0 Å². The van der Waals surface area contributed by atoms with E-state index in [2.05, 4.69) is 5.32 Å². The Balaban J connectivity index is 2.50. The van der Waals surface area contributed by atoms with E-state index in [-0.39, 0.29) is 0 Å². The second-order valence-electron chi connectivity index (χ2n) is 2.94. The fraction of sp³-hybridized carbons (Fsp3) is 0.273. The molecule has 0 atom stereocenters. The summed E-state index contributed by atoms with van der Waals surface area (Å²) in [6, 6.07) is 3.61. The molecule has 76 valence electrons. The van der Waals surface area contributed by atoms with Crippen LogP contribution in [0.4, 0.5) is 8.78 Å². The number of hydrogen-bond acceptors (Lipinski definition) is 1. The highest BCUT2D eigenvalue weighted by atomic mass is 19.1. The maximum absolute atomic E-state index is 13.1. The summed E-state index contributed by atoms with van der Waals surface area (Å²) in [6.45, 7) is 3.02. The first-order chi connectivity index (χ1) is 6.74. The Morgan fingerprint density at radius 3 is 2.79 bits per heavy atom. The minimum Gasteiger partial charge on any atom is -0.309 e. The van der Waals surface area contributed by atoms with Crippen LogP contribution in [-0.4, -0.2) is 6.54 Å². The quantitative estimate of drug-likeness (QED) is 0.578. The molecule has 3 heteroatoms. The minimum absolute atomic E-state index is 0.413. The second-order valence-corrected chi connectivity index (χ2v) is 2.94. The lowest BCUT2D eigenvalue weighted by molar-refractivity contribution is 0.565. The maximum atomic E-state index is 13.1. The third-order valence-electron chi connectivity index (χ3n) is 1.83. The first-order valence-electron chi connectivity index (χ1n) is 4.50. The van der Waals surface area contributed by atoms with Crippen LogP contribution >= 0.6 is 0 Å². The van der Waals surface area contributed by atoms with Gasteiger partial charge in [0.2, 0.25) is 0 Å². The molecule has 0 saturated carbocycles. The lowest BCUT2D eigenvalue weighted by Gasteiger charge is -2.03. The number of nitrogens with one attached hydrogen (secondary N) is 1. The van der Waals surface area contributed by atoms with Gasteiger partial charge in [0.15, 0.2) is 0 Å². The molecule has 1 N–H and O–H groups in total. The molecule has 0 amide bonds. The number of allylic oxidation sites excluding steroid dienone is 1. The molecular weight excluding hydrogens is 184 g/mol. The lowest BCUT2D eigenvalue weighted by atomic mass is 10.2. The smallest absolute Gasteiger partial charge is 0.130 e. The molecule has 0 unspecified atom stereocenters. The van der Waals surface area contributed by atoms with Gasteiger partial charge in [-0.25, -0.2) is 8.78 Å². The molecule has 0 saturated heterocycles. The van der Waals surface area contributed by atoms with Gasteiger partial charge in [-0.15, -0.1) is 0 Å². The van der Waals surface area contributed by atoms with Gasteiger partial charge in [-0.1, -0.05) is 18.2 Å². The van der Waals surface area contributed by atoms with Crippen molar-refractivity contribution in [2.75, 3.05) is 6.54 Å². The molecule has 1 aromatic rings. The summed E-state index contributed by atoms with van der Waals surface area (Å²) in [5, 5.41) is 3.01. The fourth-order valence-corrected chi connectivity index (χ4v) is 1.07. The molecule has 0 aliphatic carbocycles. The number of rotatable bonds is 4. The van der Waals surface area contributed by atoms with Gasteiger partial charge in [-0.3, -0.25) is 0 Å². The third kappa shape index (κ3) is 3.26. The average Bonchev–Trinajstić information content (AvgIpc) is 2.15. The molecule has 0 aromatic heterocycles. The van der Waals surface area contributed by atoms with E-state index >= 15 is 0 Å². The summed E-state index contributed by atoms with van der Waals surface area (Å²) < 4.78 is 25.6. The van der Waals surface area contributed by atoms with Gasteiger partial charge >= 0.3 is 0 Å². The van der Waals surface area contributed by atoms with Crippen molar-refractivity contribution in [1.29, 1.82) is 0 Å². The molecule has 0 spiro atoms. The summed E-state index contributed by atoms with van der Waals surface area (Å²) in [5.74, 6) is -1.04. The normalized spacial score (nSPS) is 11.1. The topological polar surface area (TPSA) is 12.0 Å². The van der Waals surface area contributed by atoms with E-state index in [9.17, 15) is 8.78 Å². The maximum Gasteiger partial charge on any atom is 0.130 e. The highest BCUT2D eigenvalue weighted by molar-refractivity contribution is 5.18. The summed E-state index contributed by atoms with van der Waals surface area (Å²) in [6.07, 6.45) is 3.84. The first kappa shape index (κ1) is 10.9. The lowest BCUT2D eigenvalue weighted by Crippen LogP contribution is -2.13. The van der Waals surface area contributed by atoms with Crippen LogP contribution in [0.1, 0.15) is 12.5 Å². The van der Waals surface area contributed by atoms with Gasteiger partial charge in [0.1, 0.15) is 11.6 Å². The summed E-state index contributed by atoms with van der Waals surface area (Å²) in [4.78, 5) is 0. The van der Waals surface area contributed by atoms with Crippen molar-refractivity contribution in [3.63, 3.8) is 0 Å². The van der Waals surface area contributed by atoms with Crippen LogP contribution in [0, 0.1) is 11.6 Å². The highest BCUT2D eigenvalue weighted by Gasteiger charge is 2.01. The van der Waals surface area contributed by atoms with Crippen molar-refractivity contribution < 1.29 is 8.78 Å². The third-order valence-corrected chi connectivity index (χ3v) is 1.83. The first-order valence-corrected chi connectivity index (χ1v) is 4.50. The van der Waals surface area contributed by atoms with Crippen LogP contribution < -0.4 is 5.32 Å². The van der Waals surface area contributed by atoms with Gasteiger partial charge < -0.3 is 5.32 Å². The highest BCUT2D eigenvalue weighted by Crippen LogP contribution is 2.08. The van der Waals surface area contributed by atoms with E-state index < -0.39 is 11.6 Å². The Morgan fingerprint density at radius 2 is 2.14 bits per heavy atom. The summed E-state index contributed by atoms with van der Waals surface area (Å²) in [5.41, 5.74) is 0.482. The number of benzene rings is 1. The van der Waals surface area contributed by atoms with Crippen LogP contribution in [-0.2, 0) is 6.54 Å². The van der Waals surface area contributed by atoms with Crippen LogP contribution in [0.5, 0.6) is 0 Å². The van der Waals surface area contributed by atoms with Crippen LogP contribution in [0.3, 0.4) is 0 Å². The molecule has 1 nitrogen and oxygen atoms in total. The molecule has 0 aliphatic rings. The molecule has 14 heavy (non-hydrogen) atoms. The summed E-state index contributed by atoms with van der Waals surface area (Å²) in [7, 11) is 0. The summed E-state index contributed by atoms with van der Waals surface area (Å²) >= 11 is 0. The molecule has 0 fully saturated rings. The molecule has 0 heterocycles. The van der Waals surface area contributed by atoms with E-state index in [0.717, 1.165) is 6.07 Å². The van der Waals surface area contributed by atoms with Gasteiger partial charge in [0, 0.05) is 24.7 Å². The number of hydrogen-bond donors (Lipinski definition) is 1. The monoisotopic (exact) mass is 197 g/mol. The Kier molecular flexibility index (Phi) is 4.26. The zero-order chi connectivity index (χ0) is 10.4. The molecule has 0 aliphatic heterocycles. The fourth-order valence-electron chi connectivity index (χ4n) is 1.07. The van der Waals surface area contributed by atoms with E-state index in [1.807, 2.05) is 19.1 Å². The van der Waals surface area contributed by atoms with Gasteiger partial charge in [0.25, 0.3) is 0 Å². The Bertz CT molecular complexity index is 321. The van der Waals surface area contributed by atoms with Crippen LogP contribution in [0.25, 0.3) is 0 Å². The Labute approximate surface area is 82.4 Å². The van der Waals surface area contributed by atoms with Crippen molar-refractivity contribution in [3.8, 4) is 0 Å². The van der Waals surface area contributed by atoms with Crippen molar-refractivity contribution in [2.45, 2.75) is 13.5 Å². The molecule has 0 bridgehead atoms. The van der Waals surface area contributed by atoms with Crippen molar-refractivity contribution >= 4 is 0 Å². The van der Waals surface area contributed by atoms with Crippen LogP contribution in [0.2, 0.25) is 0 Å². The SMILES string of the molecule is C/C=C/CNCc1ccc(F)cc1F. The largest absolute Gasteiger partial charge is 0.309 e. The molecule has 0 radical (unpaired) electrons. The van der Waals surface area contributed by atoms with Crippen molar-refractivity contribution in [3.05, 3.63) is 47.5 Å². The van der Waals surface area contributed by atoms with Crippen molar-refractivity contribution in [2.24, 2.45) is 0 Å². The van der Waals surface area contributed by atoms with E-state index in [4.69, 9.17) is 0 Å². The predicted octanol–water partition coefficient (Wildman–Crippen LogP) is 2.63. The van der Waals surface area contributed by atoms with E-state index in [1.54, 1.807) is 0 Å². The van der Waals surface area contributed by atoms with Crippen LogP contribution in [0.15, 0.2) is 30.4 Å². The standard InChI is InChI=1S/C11H13F2N/c1-2-3-6-14-8-9-4-5-10(12)7-11(9)13/h2-5,7,14H,6,8H2,1H3/b3-2+. The predicted molar refractivity (Wildman–Crippen MR) is 52.9 cm³/mol. The molecular formula is C11H13F2N. The van der Waals surface area contributed by atoms with Crippen molar-refractivity contribution in [1.82, 2.24) is 5.32 Å². The molecule has 1 aromatic carbocycles. The average molecular weight is 197 g/mol. The van der Waals surface area contributed by atoms with E-state index in [1.165, 1.54) is 12.1 Å². The zero-order valence-electron chi connectivity index (χ0n) is 8.06. The Morgan fingerprint density at radius 1 is 1.36 bits per heavy atom. The van der Waals surface area contributed by atoms with Gasteiger partial charge in [-0.05, 0) is 13.0 Å². The Hall–Kier alpha value is -1.22.